The molecule has 0 N–H and O–H groups in total. The highest BCUT2D eigenvalue weighted by Gasteiger charge is 2.37. The SMILES string of the molecule is CC(C)c1ccc([S+]([O-])N2CCN=C2N2CCN(C3CC3)CC2)cc1. The predicted octanol–water partition coefficient (Wildman–Crippen LogP) is 2.28. The van der Waals surface area contributed by atoms with Gasteiger partial charge in [0, 0.05) is 32.2 Å². The van der Waals surface area contributed by atoms with Crippen molar-refractivity contribution in [3.8, 4) is 0 Å². The first-order valence-corrected chi connectivity index (χ1v) is 10.6. The zero-order valence-corrected chi connectivity index (χ0v) is 16.0. The summed E-state index contributed by atoms with van der Waals surface area (Å²) in [5.74, 6) is 1.43. The van der Waals surface area contributed by atoms with Gasteiger partial charge < -0.3 is 9.45 Å². The van der Waals surface area contributed by atoms with Crippen LogP contribution in [0.5, 0.6) is 0 Å². The van der Waals surface area contributed by atoms with Crippen LogP contribution in [-0.4, -0.2) is 69.9 Å². The standard InChI is InChI=1S/C19H28N4OS/c1-15(2)16-3-7-18(8-4-16)25(24)23-10-9-20-19(23)22-13-11-21(12-14-22)17-5-6-17/h3-4,7-8,15,17H,5-6,9-14H2,1-2H3. The molecule has 2 fully saturated rings. The van der Waals surface area contributed by atoms with E-state index in [1.54, 1.807) is 0 Å². The van der Waals surface area contributed by atoms with Crippen LogP contribution < -0.4 is 0 Å². The van der Waals surface area contributed by atoms with Gasteiger partial charge in [-0.15, -0.1) is 0 Å². The van der Waals surface area contributed by atoms with E-state index < -0.39 is 11.4 Å². The van der Waals surface area contributed by atoms with Gasteiger partial charge in [-0.25, -0.2) is 4.99 Å². The molecule has 1 unspecified atom stereocenters. The molecule has 3 aliphatic rings. The molecule has 0 spiro atoms. The maximum atomic E-state index is 13.1. The van der Waals surface area contributed by atoms with Gasteiger partial charge in [0.05, 0.1) is 13.1 Å². The van der Waals surface area contributed by atoms with E-state index in [9.17, 15) is 4.55 Å². The third kappa shape index (κ3) is 3.66. The largest absolute Gasteiger partial charge is 0.588 e. The molecule has 2 heterocycles. The maximum Gasteiger partial charge on any atom is 0.240 e. The summed E-state index contributed by atoms with van der Waals surface area (Å²) in [5, 5.41) is 0. The second kappa shape index (κ2) is 7.17. The van der Waals surface area contributed by atoms with Gasteiger partial charge in [0.15, 0.2) is 4.90 Å². The second-order valence-corrected chi connectivity index (χ2v) is 8.92. The minimum atomic E-state index is -1.17. The molecule has 1 aromatic rings. The fourth-order valence-electron chi connectivity index (χ4n) is 3.66. The number of hydrogen-bond donors (Lipinski definition) is 0. The van der Waals surface area contributed by atoms with Crippen molar-refractivity contribution < 1.29 is 4.55 Å². The second-order valence-electron chi connectivity index (χ2n) is 7.51. The Morgan fingerprint density at radius 3 is 2.32 bits per heavy atom. The normalized spacial score (nSPS) is 23.3. The zero-order chi connectivity index (χ0) is 17.4. The van der Waals surface area contributed by atoms with Crippen LogP contribution >= 0.6 is 0 Å². The minimum absolute atomic E-state index is 0.495. The molecule has 0 bridgehead atoms. The Labute approximate surface area is 154 Å². The van der Waals surface area contributed by atoms with Gasteiger partial charge in [0.25, 0.3) is 0 Å². The Morgan fingerprint density at radius 2 is 1.72 bits per heavy atom. The minimum Gasteiger partial charge on any atom is -0.588 e. The third-order valence-electron chi connectivity index (χ3n) is 5.39. The van der Waals surface area contributed by atoms with Crippen molar-refractivity contribution >= 4 is 17.3 Å². The average molecular weight is 361 g/mol. The lowest BCUT2D eigenvalue weighted by atomic mass is 10.0. The van der Waals surface area contributed by atoms with Gasteiger partial charge in [-0.05, 0) is 36.5 Å². The van der Waals surface area contributed by atoms with Gasteiger partial charge in [0.2, 0.25) is 5.96 Å². The summed E-state index contributed by atoms with van der Waals surface area (Å²) in [6.45, 7) is 10.0. The number of aliphatic imine (C=N–C) groups is 1. The summed E-state index contributed by atoms with van der Waals surface area (Å²) >= 11 is -1.17. The zero-order valence-electron chi connectivity index (χ0n) is 15.2. The van der Waals surface area contributed by atoms with Crippen molar-refractivity contribution in [3.63, 3.8) is 0 Å². The molecule has 0 amide bonds. The Balaban J connectivity index is 1.41. The molecule has 1 atom stereocenters. The molecule has 1 aromatic carbocycles. The van der Waals surface area contributed by atoms with Crippen molar-refractivity contribution in [2.45, 2.75) is 43.5 Å². The van der Waals surface area contributed by atoms with Crippen LogP contribution in [-0.2, 0) is 11.4 Å². The summed E-state index contributed by atoms with van der Waals surface area (Å²) in [6, 6.07) is 9.04. The van der Waals surface area contributed by atoms with Crippen LogP contribution in [0.2, 0.25) is 0 Å². The molecule has 1 aliphatic carbocycles. The van der Waals surface area contributed by atoms with E-state index in [1.807, 2.05) is 16.4 Å². The van der Waals surface area contributed by atoms with Crippen molar-refractivity contribution in [2.24, 2.45) is 4.99 Å². The summed E-state index contributed by atoms with van der Waals surface area (Å²) in [4.78, 5) is 10.5. The van der Waals surface area contributed by atoms with E-state index in [2.05, 4.69) is 40.8 Å². The highest BCUT2D eigenvalue weighted by molar-refractivity contribution is 7.89. The molecule has 1 saturated carbocycles. The van der Waals surface area contributed by atoms with Crippen LogP contribution in [0.25, 0.3) is 0 Å². The molecular formula is C19H28N4OS. The fraction of sp³-hybridized carbons (Fsp3) is 0.632. The molecular weight excluding hydrogens is 332 g/mol. The van der Waals surface area contributed by atoms with Crippen molar-refractivity contribution in [2.75, 3.05) is 39.3 Å². The monoisotopic (exact) mass is 360 g/mol. The van der Waals surface area contributed by atoms with E-state index in [4.69, 9.17) is 0 Å². The molecule has 0 aromatic heterocycles. The summed E-state index contributed by atoms with van der Waals surface area (Å²) in [5.41, 5.74) is 1.28. The molecule has 2 aliphatic heterocycles. The predicted molar refractivity (Wildman–Crippen MR) is 102 cm³/mol. The lowest BCUT2D eigenvalue weighted by Crippen LogP contribution is -2.53. The fourth-order valence-corrected chi connectivity index (χ4v) is 4.85. The summed E-state index contributed by atoms with van der Waals surface area (Å²) in [6.07, 6.45) is 2.73. The number of rotatable bonds is 4. The molecule has 136 valence electrons. The lowest BCUT2D eigenvalue weighted by molar-refractivity contribution is 0.169. The highest BCUT2D eigenvalue weighted by Crippen LogP contribution is 2.28. The number of nitrogens with zero attached hydrogens (tertiary/aromatic N) is 4. The Morgan fingerprint density at radius 1 is 1.04 bits per heavy atom. The Kier molecular flexibility index (Phi) is 4.93. The van der Waals surface area contributed by atoms with Crippen molar-refractivity contribution in [3.05, 3.63) is 29.8 Å². The Hall–Kier alpha value is -1.24. The highest BCUT2D eigenvalue weighted by atomic mass is 32.2. The van der Waals surface area contributed by atoms with Crippen LogP contribution in [0, 0.1) is 0 Å². The van der Waals surface area contributed by atoms with Gasteiger partial charge in [0.1, 0.15) is 11.4 Å². The van der Waals surface area contributed by atoms with E-state index in [0.717, 1.165) is 56.2 Å². The lowest BCUT2D eigenvalue weighted by Gasteiger charge is -2.37. The van der Waals surface area contributed by atoms with Crippen LogP contribution in [0.4, 0.5) is 0 Å². The first-order valence-electron chi connectivity index (χ1n) is 9.46. The van der Waals surface area contributed by atoms with Crippen molar-refractivity contribution in [1.82, 2.24) is 14.1 Å². The third-order valence-corrected chi connectivity index (χ3v) is 6.81. The molecule has 1 saturated heterocycles. The summed E-state index contributed by atoms with van der Waals surface area (Å²) < 4.78 is 15.1. The molecule has 6 heteroatoms. The van der Waals surface area contributed by atoms with E-state index in [1.165, 1.54) is 18.4 Å². The maximum absolute atomic E-state index is 13.1. The molecule has 5 nitrogen and oxygen atoms in total. The van der Waals surface area contributed by atoms with E-state index >= 15 is 0 Å². The van der Waals surface area contributed by atoms with E-state index in [0.29, 0.717) is 5.92 Å². The number of hydrogen-bond acceptors (Lipinski definition) is 5. The number of piperazine rings is 1. The first kappa shape index (κ1) is 17.2. The summed E-state index contributed by atoms with van der Waals surface area (Å²) in [7, 11) is 0. The van der Waals surface area contributed by atoms with Crippen LogP contribution in [0.3, 0.4) is 0 Å². The van der Waals surface area contributed by atoms with Crippen LogP contribution in [0.1, 0.15) is 38.2 Å². The van der Waals surface area contributed by atoms with Gasteiger partial charge in [-0.2, -0.15) is 4.31 Å². The average Bonchev–Trinajstić information content (AvgIpc) is 3.38. The van der Waals surface area contributed by atoms with Gasteiger partial charge in [-0.3, -0.25) is 4.90 Å². The van der Waals surface area contributed by atoms with Crippen molar-refractivity contribution in [1.29, 1.82) is 0 Å². The smallest absolute Gasteiger partial charge is 0.240 e. The Bertz CT molecular complexity index is 621. The van der Waals surface area contributed by atoms with E-state index in [-0.39, 0.29) is 0 Å². The number of benzene rings is 1. The molecule has 25 heavy (non-hydrogen) atoms. The topological polar surface area (TPSA) is 45.1 Å². The molecule has 4 rings (SSSR count). The van der Waals surface area contributed by atoms with Gasteiger partial charge in [-0.1, -0.05) is 26.0 Å². The van der Waals surface area contributed by atoms with Crippen LogP contribution in [0.15, 0.2) is 34.2 Å². The molecule has 0 radical (unpaired) electrons. The first-order chi connectivity index (χ1) is 12.1. The quantitative estimate of drug-likeness (QED) is 0.773. The van der Waals surface area contributed by atoms with Gasteiger partial charge >= 0.3 is 0 Å². The number of guanidine groups is 1.